The minimum Gasteiger partial charge on any atom is -0.507 e. The molecule has 0 unspecified atom stereocenters. The zero-order valence-corrected chi connectivity index (χ0v) is 8.46. The Morgan fingerprint density at radius 3 is 2.67 bits per heavy atom. The molecule has 0 aliphatic heterocycles. The highest BCUT2D eigenvalue weighted by atomic mass is 16.3. The van der Waals surface area contributed by atoms with E-state index in [1.165, 1.54) is 0 Å². The summed E-state index contributed by atoms with van der Waals surface area (Å²) in [6, 6.07) is 9.38. The maximum Gasteiger partial charge on any atom is 0.127 e. The van der Waals surface area contributed by atoms with Crippen molar-refractivity contribution in [2.24, 2.45) is 5.10 Å². The predicted molar refractivity (Wildman–Crippen MR) is 60.3 cm³/mol. The first kappa shape index (κ1) is 9.52. The van der Waals surface area contributed by atoms with Crippen LogP contribution in [-0.4, -0.2) is 16.0 Å². The summed E-state index contributed by atoms with van der Waals surface area (Å²) >= 11 is 0. The van der Waals surface area contributed by atoms with Crippen molar-refractivity contribution in [1.82, 2.24) is 4.68 Å². The van der Waals surface area contributed by atoms with Gasteiger partial charge in [-0.05, 0) is 30.7 Å². The van der Waals surface area contributed by atoms with Crippen LogP contribution in [0.15, 0.2) is 47.8 Å². The zero-order chi connectivity index (χ0) is 10.7. The molecule has 1 aromatic heterocycles. The van der Waals surface area contributed by atoms with Crippen LogP contribution in [0.2, 0.25) is 0 Å². The van der Waals surface area contributed by atoms with Crippen LogP contribution in [0.5, 0.6) is 5.75 Å². The Morgan fingerprint density at radius 1 is 1.20 bits per heavy atom. The maximum absolute atomic E-state index is 9.73. The molecule has 2 aromatic rings. The summed E-state index contributed by atoms with van der Waals surface area (Å²) in [4.78, 5) is 0. The maximum atomic E-state index is 9.73. The molecule has 0 atom stereocenters. The first-order valence-corrected chi connectivity index (χ1v) is 4.73. The number of para-hydroxylation sites is 1. The van der Waals surface area contributed by atoms with Crippen molar-refractivity contribution >= 4 is 6.21 Å². The van der Waals surface area contributed by atoms with E-state index >= 15 is 0 Å². The monoisotopic (exact) mass is 200 g/mol. The fourth-order valence-electron chi connectivity index (χ4n) is 1.32. The Labute approximate surface area is 88.3 Å². The van der Waals surface area contributed by atoms with Gasteiger partial charge in [0.1, 0.15) is 5.75 Å². The van der Waals surface area contributed by atoms with Crippen molar-refractivity contribution in [3.63, 3.8) is 0 Å². The summed E-state index contributed by atoms with van der Waals surface area (Å²) in [7, 11) is 0. The van der Waals surface area contributed by atoms with Crippen molar-refractivity contribution in [3.05, 3.63) is 53.9 Å². The largest absolute Gasteiger partial charge is 0.507 e. The number of phenolic OH excluding ortho intramolecular Hbond substituents is 1. The summed E-state index contributed by atoms with van der Waals surface area (Å²) in [5, 5.41) is 13.9. The lowest BCUT2D eigenvalue weighted by molar-refractivity contribution is 0.470. The minimum atomic E-state index is 0.286. The fraction of sp³-hybridized carbons (Fsp3) is 0.0833. The third-order valence-electron chi connectivity index (χ3n) is 2.19. The van der Waals surface area contributed by atoms with Crippen LogP contribution in [-0.2, 0) is 0 Å². The highest BCUT2D eigenvalue weighted by Gasteiger charge is 1.99. The lowest BCUT2D eigenvalue weighted by Crippen LogP contribution is -1.88. The summed E-state index contributed by atoms with van der Waals surface area (Å²) in [5.41, 5.74) is 1.58. The molecule has 0 bridgehead atoms. The Hall–Kier alpha value is -2.03. The van der Waals surface area contributed by atoms with Gasteiger partial charge in [0.2, 0.25) is 0 Å². The molecule has 0 aliphatic carbocycles. The normalized spacial score (nSPS) is 11.0. The summed E-state index contributed by atoms with van der Waals surface area (Å²) < 4.78 is 1.68. The van der Waals surface area contributed by atoms with E-state index in [9.17, 15) is 5.11 Å². The molecule has 0 saturated carbocycles. The number of nitrogens with zero attached hydrogens (tertiary/aromatic N) is 2. The Morgan fingerprint density at radius 2 is 1.93 bits per heavy atom. The standard InChI is InChI=1S/C12H12N2O/c1-10-5-4-6-11(12(10)15)9-13-14-7-2-3-8-14/h2-9,15H,1H3/b13-9-. The van der Waals surface area contributed by atoms with E-state index in [4.69, 9.17) is 0 Å². The van der Waals surface area contributed by atoms with E-state index in [-0.39, 0.29) is 5.75 Å². The smallest absolute Gasteiger partial charge is 0.127 e. The molecule has 1 aromatic carbocycles. The van der Waals surface area contributed by atoms with Crippen LogP contribution in [0.25, 0.3) is 0 Å². The average molecular weight is 200 g/mol. The second-order valence-corrected chi connectivity index (χ2v) is 3.32. The SMILES string of the molecule is Cc1cccc(/C=N\n2cccc2)c1O. The molecule has 0 fully saturated rings. The van der Waals surface area contributed by atoms with Crippen LogP contribution in [0.4, 0.5) is 0 Å². The summed E-state index contributed by atoms with van der Waals surface area (Å²) in [6.45, 7) is 1.86. The molecule has 0 radical (unpaired) electrons. The Balaban J connectivity index is 2.28. The van der Waals surface area contributed by atoms with E-state index in [0.717, 1.165) is 11.1 Å². The number of aryl methyl sites for hydroxylation is 1. The number of hydrogen-bond donors (Lipinski definition) is 1. The number of rotatable bonds is 2. The van der Waals surface area contributed by atoms with Gasteiger partial charge in [0.25, 0.3) is 0 Å². The summed E-state index contributed by atoms with van der Waals surface area (Å²) in [5.74, 6) is 0.286. The number of hydrogen-bond acceptors (Lipinski definition) is 2. The molecule has 0 aliphatic rings. The molecule has 1 N–H and O–H groups in total. The molecule has 0 saturated heterocycles. The topological polar surface area (TPSA) is 37.5 Å². The molecule has 1 heterocycles. The third kappa shape index (κ3) is 2.07. The number of aromatic hydroxyl groups is 1. The molecular formula is C12H12N2O. The van der Waals surface area contributed by atoms with Crippen molar-refractivity contribution in [3.8, 4) is 5.75 Å². The molecular weight excluding hydrogens is 188 g/mol. The average Bonchev–Trinajstić information content (AvgIpc) is 2.73. The number of aromatic nitrogens is 1. The highest BCUT2D eigenvalue weighted by molar-refractivity contribution is 5.83. The van der Waals surface area contributed by atoms with Crippen molar-refractivity contribution in [2.75, 3.05) is 0 Å². The summed E-state index contributed by atoms with van der Waals surface area (Å²) in [6.07, 6.45) is 5.31. The van der Waals surface area contributed by atoms with Gasteiger partial charge in [0.05, 0.1) is 6.21 Å². The van der Waals surface area contributed by atoms with Crippen LogP contribution in [0.3, 0.4) is 0 Å². The molecule has 3 heteroatoms. The number of benzene rings is 1. The molecule has 76 valence electrons. The third-order valence-corrected chi connectivity index (χ3v) is 2.19. The quantitative estimate of drug-likeness (QED) is 0.742. The van der Waals surface area contributed by atoms with Gasteiger partial charge in [-0.25, -0.2) is 4.68 Å². The molecule has 0 amide bonds. The van der Waals surface area contributed by atoms with Crippen LogP contribution < -0.4 is 0 Å². The van der Waals surface area contributed by atoms with E-state index < -0.39 is 0 Å². The molecule has 3 nitrogen and oxygen atoms in total. The first-order chi connectivity index (χ1) is 7.27. The van der Waals surface area contributed by atoms with Crippen LogP contribution >= 0.6 is 0 Å². The second-order valence-electron chi connectivity index (χ2n) is 3.32. The predicted octanol–water partition coefficient (Wildman–Crippen LogP) is 2.38. The van der Waals surface area contributed by atoms with Crippen molar-refractivity contribution in [1.29, 1.82) is 0 Å². The number of phenols is 1. The van der Waals surface area contributed by atoms with Crippen molar-refractivity contribution < 1.29 is 5.11 Å². The Kier molecular flexibility index (Phi) is 2.54. The fourth-order valence-corrected chi connectivity index (χ4v) is 1.32. The van der Waals surface area contributed by atoms with Gasteiger partial charge >= 0.3 is 0 Å². The zero-order valence-electron chi connectivity index (χ0n) is 8.46. The van der Waals surface area contributed by atoms with Gasteiger partial charge in [-0.1, -0.05) is 12.1 Å². The van der Waals surface area contributed by atoms with Crippen molar-refractivity contribution in [2.45, 2.75) is 6.92 Å². The van der Waals surface area contributed by atoms with E-state index in [1.807, 2.05) is 49.6 Å². The molecule has 0 spiro atoms. The minimum absolute atomic E-state index is 0.286. The highest BCUT2D eigenvalue weighted by Crippen LogP contribution is 2.19. The lowest BCUT2D eigenvalue weighted by atomic mass is 10.1. The van der Waals surface area contributed by atoms with Gasteiger partial charge in [0, 0.05) is 18.0 Å². The van der Waals surface area contributed by atoms with E-state index in [2.05, 4.69) is 5.10 Å². The van der Waals surface area contributed by atoms with Gasteiger partial charge in [-0.2, -0.15) is 5.10 Å². The molecule has 15 heavy (non-hydrogen) atoms. The lowest BCUT2D eigenvalue weighted by Gasteiger charge is -2.01. The van der Waals surface area contributed by atoms with E-state index in [0.29, 0.717) is 0 Å². The first-order valence-electron chi connectivity index (χ1n) is 4.73. The van der Waals surface area contributed by atoms with Gasteiger partial charge in [-0.15, -0.1) is 0 Å². The van der Waals surface area contributed by atoms with Gasteiger partial charge in [-0.3, -0.25) is 0 Å². The molecule has 2 rings (SSSR count). The van der Waals surface area contributed by atoms with Gasteiger partial charge < -0.3 is 5.11 Å². The van der Waals surface area contributed by atoms with Crippen LogP contribution in [0.1, 0.15) is 11.1 Å². The Bertz CT molecular complexity index is 472. The second kappa shape index (κ2) is 4.00. The van der Waals surface area contributed by atoms with Crippen LogP contribution in [0, 0.1) is 6.92 Å². The van der Waals surface area contributed by atoms with Gasteiger partial charge in [0.15, 0.2) is 0 Å². The van der Waals surface area contributed by atoms with E-state index in [1.54, 1.807) is 10.9 Å².